The lowest BCUT2D eigenvalue weighted by Crippen LogP contribution is -2.32. The highest BCUT2D eigenvalue weighted by Gasteiger charge is 2.24. The number of hydrogen-bond donors (Lipinski definition) is 7. The Kier molecular flexibility index (Phi) is 15.0. The van der Waals surface area contributed by atoms with Crippen molar-refractivity contribution in [2.45, 2.75) is 25.6 Å². The maximum Gasteiger partial charge on any atom is 0.100 e. The van der Waals surface area contributed by atoms with Gasteiger partial charge in [0.2, 0.25) is 0 Å². The van der Waals surface area contributed by atoms with Crippen molar-refractivity contribution in [2.24, 2.45) is 5.41 Å². The van der Waals surface area contributed by atoms with Crippen molar-refractivity contribution >= 4 is 0 Å². The van der Waals surface area contributed by atoms with Crippen LogP contribution in [-0.4, -0.2) is 94.2 Å². The molecule has 2 atom stereocenters. The first-order valence-electron chi connectivity index (χ1n) is 6.43. The molecule has 124 valence electrons. The minimum atomic E-state index is -0.916. The van der Waals surface area contributed by atoms with Crippen molar-refractivity contribution < 1.29 is 40.5 Å². The maximum absolute atomic E-state index is 8.72. The normalized spacial score (nSPS) is 14.4. The highest BCUT2D eigenvalue weighted by Crippen LogP contribution is 2.18. The molecule has 0 aromatic heterocycles. The van der Waals surface area contributed by atoms with Crippen LogP contribution in [0.25, 0.3) is 0 Å². The minimum Gasteiger partial charge on any atom is -0.396 e. The summed E-state index contributed by atoms with van der Waals surface area (Å²) in [5.74, 6) is 0. The summed E-state index contributed by atoms with van der Waals surface area (Å²) in [5, 5.41) is 60.0. The van der Waals surface area contributed by atoms with Crippen LogP contribution < -0.4 is 0 Å². The monoisotopic (exact) mass is 300 g/mol. The molecule has 0 aliphatic rings. The molecule has 8 nitrogen and oxygen atoms in total. The molecule has 0 saturated heterocycles. The van der Waals surface area contributed by atoms with E-state index in [1.165, 1.54) is 0 Å². The summed E-state index contributed by atoms with van der Waals surface area (Å²) in [5.41, 5.74) is -0.667. The van der Waals surface area contributed by atoms with Gasteiger partial charge in [-0.25, -0.2) is 0 Å². The Morgan fingerprint density at radius 1 is 0.800 bits per heavy atom. The molecule has 2 unspecified atom stereocenters. The van der Waals surface area contributed by atoms with E-state index in [1.807, 2.05) is 6.92 Å². The van der Waals surface area contributed by atoms with E-state index in [1.54, 1.807) is 0 Å². The first-order valence-corrected chi connectivity index (χ1v) is 6.43. The van der Waals surface area contributed by atoms with Gasteiger partial charge in [0.05, 0.1) is 46.2 Å². The molecule has 0 fully saturated rings. The van der Waals surface area contributed by atoms with E-state index in [0.717, 1.165) is 0 Å². The second-order valence-corrected chi connectivity index (χ2v) is 4.54. The zero-order valence-electron chi connectivity index (χ0n) is 11.9. The lowest BCUT2D eigenvalue weighted by Gasteiger charge is -2.24. The Balaban J connectivity index is 0. The average Bonchev–Trinajstić information content (AvgIpc) is 2.50. The van der Waals surface area contributed by atoms with Gasteiger partial charge in [-0.3, -0.25) is 0 Å². The number of aliphatic hydroxyl groups is 7. The van der Waals surface area contributed by atoms with Gasteiger partial charge in [0.1, 0.15) is 12.2 Å². The molecular weight excluding hydrogens is 272 g/mol. The van der Waals surface area contributed by atoms with Gasteiger partial charge >= 0.3 is 0 Å². The van der Waals surface area contributed by atoms with Gasteiger partial charge in [-0.05, 0) is 6.42 Å². The second-order valence-electron chi connectivity index (χ2n) is 4.54. The smallest absolute Gasteiger partial charge is 0.100 e. The van der Waals surface area contributed by atoms with Gasteiger partial charge in [0.15, 0.2) is 0 Å². The molecule has 0 aromatic carbocycles. The van der Waals surface area contributed by atoms with Crippen molar-refractivity contribution in [3.63, 3.8) is 0 Å². The molecule has 0 aliphatic heterocycles. The van der Waals surface area contributed by atoms with Gasteiger partial charge in [-0.2, -0.15) is 0 Å². The van der Waals surface area contributed by atoms with Crippen LogP contribution in [0.2, 0.25) is 0 Å². The molecule has 0 spiro atoms. The summed E-state index contributed by atoms with van der Waals surface area (Å²) >= 11 is 0. The first kappa shape index (κ1) is 22.0. The average molecular weight is 300 g/mol. The Morgan fingerprint density at radius 2 is 1.15 bits per heavy atom. The van der Waals surface area contributed by atoms with Gasteiger partial charge in [0, 0.05) is 5.41 Å². The molecule has 0 saturated carbocycles. The van der Waals surface area contributed by atoms with Crippen LogP contribution in [0.1, 0.15) is 13.3 Å². The molecule has 0 aliphatic carbocycles. The molecule has 0 bridgehead atoms. The third kappa shape index (κ3) is 10.5. The zero-order chi connectivity index (χ0) is 16.0. The quantitative estimate of drug-likeness (QED) is 0.226. The molecule has 0 amide bonds. The summed E-state index contributed by atoms with van der Waals surface area (Å²) in [6.07, 6.45) is -1.24. The summed E-state index contributed by atoms with van der Waals surface area (Å²) in [6, 6.07) is 0. The zero-order valence-corrected chi connectivity index (χ0v) is 11.9. The van der Waals surface area contributed by atoms with Crippen molar-refractivity contribution in [1.29, 1.82) is 0 Å². The summed E-state index contributed by atoms with van der Waals surface area (Å²) in [4.78, 5) is 0. The third-order valence-corrected chi connectivity index (χ3v) is 2.80. The topological polar surface area (TPSA) is 151 Å². The summed E-state index contributed by atoms with van der Waals surface area (Å²) < 4.78 is 4.72. The first-order chi connectivity index (χ1) is 9.44. The molecule has 0 heterocycles. The fraction of sp³-hybridized carbons (Fsp3) is 1.00. The van der Waals surface area contributed by atoms with E-state index < -0.39 is 17.6 Å². The Morgan fingerprint density at radius 3 is 1.30 bits per heavy atom. The second kappa shape index (κ2) is 13.7. The lowest BCUT2D eigenvalue weighted by molar-refractivity contribution is -0.0364. The highest BCUT2D eigenvalue weighted by atomic mass is 16.5. The summed E-state index contributed by atoms with van der Waals surface area (Å²) in [6.45, 7) is 0.553. The van der Waals surface area contributed by atoms with E-state index in [4.69, 9.17) is 40.5 Å². The van der Waals surface area contributed by atoms with Gasteiger partial charge in [-0.15, -0.1) is 0 Å². The lowest BCUT2D eigenvalue weighted by atomic mass is 9.88. The van der Waals surface area contributed by atoms with Gasteiger partial charge < -0.3 is 40.5 Å². The minimum absolute atomic E-state index is 0.0342. The van der Waals surface area contributed by atoms with E-state index in [-0.39, 0.29) is 46.2 Å². The Hall–Kier alpha value is -0.320. The van der Waals surface area contributed by atoms with Crippen LogP contribution >= 0.6 is 0 Å². The fourth-order valence-corrected chi connectivity index (χ4v) is 0.931. The predicted molar refractivity (Wildman–Crippen MR) is 71.0 cm³/mol. The molecule has 0 radical (unpaired) electrons. The number of rotatable bonds is 10. The molecule has 0 rings (SSSR count). The van der Waals surface area contributed by atoms with Crippen molar-refractivity contribution in [2.75, 3.05) is 46.2 Å². The van der Waals surface area contributed by atoms with Crippen LogP contribution in [0.4, 0.5) is 0 Å². The van der Waals surface area contributed by atoms with Crippen LogP contribution in [-0.2, 0) is 4.74 Å². The molecule has 8 heteroatoms. The van der Waals surface area contributed by atoms with E-state index in [0.29, 0.717) is 6.42 Å². The van der Waals surface area contributed by atoms with Crippen LogP contribution in [0, 0.1) is 5.41 Å². The fourth-order valence-electron chi connectivity index (χ4n) is 0.931. The van der Waals surface area contributed by atoms with E-state index >= 15 is 0 Å². The largest absolute Gasteiger partial charge is 0.396 e. The molecule has 7 N–H and O–H groups in total. The van der Waals surface area contributed by atoms with E-state index in [9.17, 15) is 0 Å². The SMILES string of the molecule is CCC(CO)(CO)CO.OCC(O)COCC(O)CO. The predicted octanol–water partition coefficient (Wildman–Crippen LogP) is -2.93. The van der Waals surface area contributed by atoms with Gasteiger partial charge in [0.25, 0.3) is 0 Å². The number of ether oxygens (including phenoxy) is 1. The molecule has 0 aromatic rings. The van der Waals surface area contributed by atoms with Crippen molar-refractivity contribution in [1.82, 2.24) is 0 Å². The Bertz CT molecular complexity index is 170. The molecular formula is C12H28O8. The van der Waals surface area contributed by atoms with Crippen LogP contribution in [0.3, 0.4) is 0 Å². The number of hydrogen-bond acceptors (Lipinski definition) is 8. The van der Waals surface area contributed by atoms with Crippen LogP contribution in [0.5, 0.6) is 0 Å². The van der Waals surface area contributed by atoms with Gasteiger partial charge in [-0.1, -0.05) is 6.92 Å². The maximum atomic E-state index is 8.72. The molecule has 20 heavy (non-hydrogen) atoms. The number of aliphatic hydroxyl groups excluding tert-OH is 7. The summed E-state index contributed by atoms with van der Waals surface area (Å²) in [7, 11) is 0. The van der Waals surface area contributed by atoms with Crippen molar-refractivity contribution in [3.05, 3.63) is 0 Å². The Labute approximate surface area is 118 Å². The van der Waals surface area contributed by atoms with Crippen LogP contribution in [0.15, 0.2) is 0 Å². The van der Waals surface area contributed by atoms with E-state index in [2.05, 4.69) is 0 Å². The third-order valence-electron chi connectivity index (χ3n) is 2.80. The van der Waals surface area contributed by atoms with Crippen molar-refractivity contribution in [3.8, 4) is 0 Å². The standard InChI is InChI=1S/C6H14O5.C6H14O3/c7-1-5(9)3-11-4-6(10)2-8;1-2-6(3-7,4-8)5-9/h5-10H,1-4H2;7-9H,2-5H2,1H3. The highest BCUT2D eigenvalue weighted by molar-refractivity contribution is 4.74.